The number of nitrogens with one attached hydrogen (secondary N) is 1. The zero-order valence-corrected chi connectivity index (χ0v) is 10.8. The minimum absolute atomic E-state index is 0.565. The van der Waals surface area contributed by atoms with Gasteiger partial charge in [0.05, 0.1) is 11.0 Å². The average Bonchev–Trinajstić information content (AvgIpc) is 2.90. The Morgan fingerprint density at radius 1 is 0.850 bits per heavy atom. The van der Waals surface area contributed by atoms with Gasteiger partial charge in [0.2, 0.25) is 0 Å². The molecule has 0 aliphatic heterocycles. The Morgan fingerprint density at radius 2 is 1.60 bits per heavy atom. The first-order valence-corrected chi connectivity index (χ1v) is 6.33. The number of aromatic amines is 1. The summed E-state index contributed by atoms with van der Waals surface area (Å²) in [5, 5.41) is 8.85. The fourth-order valence-corrected chi connectivity index (χ4v) is 2.00. The van der Waals surface area contributed by atoms with E-state index in [1.54, 1.807) is 0 Å². The molecule has 20 heavy (non-hydrogen) atoms. The molecule has 0 aliphatic carbocycles. The molecule has 0 spiro atoms. The van der Waals surface area contributed by atoms with Crippen molar-refractivity contribution in [1.29, 1.82) is 0 Å². The second-order valence-corrected chi connectivity index (χ2v) is 4.35. The molecule has 0 aliphatic rings. The van der Waals surface area contributed by atoms with Gasteiger partial charge in [0.15, 0.2) is 5.82 Å². The van der Waals surface area contributed by atoms with Crippen molar-refractivity contribution < 1.29 is 0 Å². The molecule has 3 N–H and O–H groups in total. The van der Waals surface area contributed by atoms with E-state index >= 15 is 0 Å². The van der Waals surface area contributed by atoms with Gasteiger partial charge in [0, 0.05) is 17.0 Å². The molecular formula is C16H14N4. The lowest BCUT2D eigenvalue weighted by atomic mass is 10.2. The molecule has 4 aromatic rings. The third-order valence-corrected chi connectivity index (χ3v) is 3.01. The maximum Gasteiger partial charge on any atom is 0.153 e. The van der Waals surface area contributed by atoms with Crippen molar-refractivity contribution in [2.24, 2.45) is 0 Å². The summed E-state index contributed by atoms with van der Waals surface area (Å²) in [5.74, 6) is 0.565. The van der Waals surface area contributed by atoms with Crippen LogP contribution in [0.1, 0.15) is 0 Å². The second-order valence-electron chi connectivity index (χ2n) is 4.35. The molecule has 2 aromatic heterocycles. The predicted molar refractivity (Wildman–Crippen MR) is 82.2 cm³/mol. The van der Waals surface area contributed by atoms with Gasteiger partial charge in [-0.15, -0.1) is 0 Å². The van der Waals surface area contributed by atoms with Crippen molar-refractivity contribution in [1.82, 2.24) is 15.2 Å². The average molecular weight is 262 g/mol. The van der Waals surface area contributed by atoms with Gasteiger partial charge in [-0.3, -0.25) is 10.1 Å². The highest BCUT2D eigenvalue weighted by molar-refractivity contribution is 5.88. The number of benzene rings is 2. The summed E-state index contributed by atoms with van der Waals surface area (Å²) in [4.78, 5) is 4.18. The van der Waals surface area contributed by atoms with Crippen LogP contribution in [0.25, 0.3) is 21.8 Å². The highest BCUT2D eigenvalue weighted by Crippen LogP contribution is 2.15. The summed E-state index contributed by atoms with van der Waals surface area (Å²) in [6.45, 7) is 0. The predicted octanol–water partition coefficient (Wildman–Crippen LogP) is 3.38. The van der Waals surface area contributed by atoms with Gasteiger partial charge in [0.1, 0.15) is 0 Å². The third-order valence-electron chi connectivity index (χ3n) is 3.01. The molecule has 0 saturated carbocycles. The molecule has 0 atom stereocenters. The van der Waals surface area contributed by atoms with Crippen LogP contribution in [0.3, 0.4) is 0 Å². The zero-order chi connectivity index (χ0) is 13.8. The van der Waals surface area contributed by atoms with E-state index < -0.39 is 0 Å². The summed E-state index contributed by atoms with van der Waals surface area (Å²) in [5.41, 5.74) is 7.58. The number of para-hydroxylation sites is 2. The van der Waals surface area contributed by atoms with Crippen LogP contribution < -0.4 is 5.73 Å². The van der Waals surface area contributed by atoms with E-state index in [0.717, 1.165) is 16.4 Å². The molecule has 2 heterocycles. The van der Waals surface area contributed by atoms with Gasteiger partial charge < -0.3 is 5.73 Å². The number of anilines is 1. The van der Waals surface area contributed by atoms with Gasteiger partial charge in [0.25, 0.3) is 0 Å². The van der Waals surface area contributed by atoms with Crippen molar-refractivity contribution in [3.8, 4) is 0 Å². The second kappa shape index (κ2) is 5.40. The Hall–Kier alpha value is -2.88. The molecule has 4 rings (SSSR count). The van der Waals surface area contributed by atoms with Crippen molar-refractivity contribution in [2.45, 2.75) is 0 Å². The number of aromatic nitrogens is 3. The molecule has 0 unspecified atom stereocenters. The van der Waals surface area contributed by atoms with Gasteiger partial charge >= 0.3 is 0 Å². The quantitative estimate of drug-likeness (QED) is 0.510. The Kier molecular flexibility index (Phi) is 3.29. The number of pyridine rings is 1. The summed E-state index contributed by atoms with van der Waals surface area (Å²) in [7, 11) is 0. The standard InChI is InChI=1S/C9H7N.C7H7N3/c1-2-6-9-8(4-1)5-3-7-10-9;8-7-5-3-1-2-4-6(5)9-10-7/h1-7H;1-4H,(H3,8,9,10). The zero-order valence-electron chi connectivity index (χ0n) is 10.8. The van der Waals surface area contributed by atoms with Crippen molar-refractivity contribution in [3.05, 3.63) is 66.9 Å². The van der Waals surface area contributed by atoms with E-state index in [2.05, 4.69) is 27.3 Å². The van der Waals surface area contributed by atoms with Crippen LogP contribution in [0.4, 0.5) is 5.82 Å². The van der Waals surface area contributed by atoms with Gasteiger partial charge in [-0.05, 0) is 24.3 Å². The number of rotatable bonds is 0. The van der Waals surface area contributed by atoms with E-state index in [1.807, 2.05) is 54.7 Å². The van der Waals surface area contributed by atoms with E-state index in [4.69, 9.17) is 5.73 Å². The van der Waals surface area contributed by atoms with Crippen LogP contribution in [-0.2, 0) is 0 Å². The van der Waals surface area contributed by atoms with Crippen LogP contribution in [-0.4, -0.2) is 15.2 Å². The lowest BCUT2D eigenvalue weighted by Gasteiger charge is -1.91. The van der Waals surface area contributed by atoms with Crippen molar-refractivity contribution in [2.75, 3.05) is 5.73 Å². The molecule has 0 fully saturated rings. The minimum Gasteiger partial charge on any atom is -0.382 e. The molecular weight excluding hydrogens is 248 g/mol. The summed E-state index contributed by atoms with van der Waals surface area (Å²) >= 11 is 0. The van der Waals surface area contributed by atoms with E-state index in [1.165, 1.54) is 5.39 Å². The van der Waals surface area contributed by atoms with Crippen LogP contribution >= 0.6 is 0 Å². The third kappa shape index (κ3) is 2.44. The molecule has 0 amide bonds. The van der Waals surface area contributed by atoms with Gasteiger partial charge in [-0.25, -0.2) is 0 Å². The Labute approximate surface area is 116 Å². The first-order valence-electron chi connectivity index (χ1n) is 6.33. The normalized spacial score (nSPS) is 10.2. The Bertz CT molecular complexity index is 770. The SMILES string of the molecule is Nc1n[nH]c2ccccc12.c1ccc2ncccc2c1. The fraction of sp³-hybridized carbons (Fsp3) is 0. The smallest absolute Gasteiger partial charge is 0.153 e. The van der Waals surface area contributed by atoms with Gasteiger partial charge in [-0.2, -0.15) is 5.10 Å². The first-order chi connectivity index (χ1) is 9.84. The molecule has 2 aromatic carbocycles. The number of fused-ring (bicyclic) bond motifs is 2. The number of H-pyrrole nitrogens is 1. The Balaban J connectivity index is 0.000000121. The van der Waals surface area contributed by atoms with E-state index in [0.29, 0.717) is 5.82 Å². The monoisotopic (exact) mass is 262 g/mol. The lowest BCUT2D eigenvalue weighted by molar-refractivity contribution is 1.13. The molecule has 98 valence electrons. The highest BCUT2D eigenvalue weighted by atomic mass is 15.1. The topological polar surface area (TPSA) is 67.6 Å². The number of hydrogen-bond donors (Lipinski definition) is 2. The molecule has 4 heteroatoms. The summed E-state index contributed by atoms with van der Waals surface area (Å²) in [6.07, 6.45) is 1.81. The maximum atomic E-state index is 5.53. The first kappa shape index (κ1) is 12.2. The fourth-order valence-electron chi connectivity index (χ4n) is 2.00. The van der Waals surface area contributed by atoms with E-state index in [9.17, 15) is 0 Å². The van der Waals surface area contributed by atoms with E-state index in [-0.39, 0.29) is 0 Å². The molecule has 4 nitrogen and oxygen atoms in total. The number of nitrogen functional groups attached to an aromatic ring is 1. The summed E-state index contributed by atoms with van der Waals surface area (Å²) in [6, 6.07) is 19.8. The number of nitrogens with zero attached hydrogens (tertiary/aromatic N) is 2. The number of nitrogens with two attached hydrogens (primary N) is 1. The van der Waals surface area contributed by atoms with Crippen LogP contribution in [0.15, 0.2) is 66.9 Å². The Morgan fingerprint density at radius 3 is 2.45 bits per heavy atom. The maximum absolute atomic E-state index is 5.53. The molecule has 0 bridgehead atoms. The molecule has 0 radical (unpaired) electrons. The van der Waals surface area contributed by atoms with Crippen molar-refractivity contribution in [3.63, 3.8) is 0 Å². The summed E-state index contributed by atoms with van der Waals surface area (Å²) < 4.78 is 0. The minimum atomic E-state index is 0.565. The van der Waals surface area contributed by atoms with Gasteiger partial charge in [-0.1, -0.05) is 36.4 Å². The lowest BCUT2D eigenvalue weighted by Crippen LogP contribution is -1.82. The number of hydrogen-bond acceptors (Lipinski definition) is 3. The largest absolute Gasteiger partial charge is 0.382 e. The van der Waals surface area contributed by atoms with Crippen LogP contribution in [0, 0.1) is 0 Å². The van der Waals surface area contributed by atoms with Crippen LogP contribution in [0.5, 0.6) is 0 Å². The van der Waals surface area contributed by atoms with Crippen LogP contribution in [0.2, 0.25) is 0 Å². The van der Waals surface area contributed by atoms with Crippen molar-refractivity contribution >= 4 is 27.6 Å². The molecule has 0 saturated heterocycles. The highest BCUT2D eigenvalue weighted by Gasteiger charge is 1.97.